The van der Waals surface area contributed by atoms with Crippen molar-refractivity contribution in [2.24, 2.45) is 0 Å². The predicted molar refractivity (Wildman–Crippen MR) is 65.9 cm³/mol. The third-order valence-electron chi connectivity index (χ3n) is 2.72. The molecule has 5 heteroatoms. The SMILES string of the molecule is Cc1ccc(S(=O)(=O)N(C)C(C)C#N)c(C)c1. The highest BCUT2D eigenvalue weighted by Gasteiger charge is 2.26. The number of sulfonamides is 1. The van der Waals surface area contributed by atoms with Crippen molar-refractivity contribution in [3.8, 4) is 6.07 Å². The molecule has 0 radical (unpaired) electrons. The number of rotatable bonds is 3. The van der Waals surface area contributed by atoms with Gasteiger partial charge in [-0.25, -0.2) is 8.42 Å². The van der Waals surface area contributed by atoms with Gasteiger partial charge in [-0.15, -0.1) is 0 Å². The summed E-state index contributed by atoms with van der Waals surface area (Å²) in [6.07, 6.45) is 0. The summed E-state index contributed by atoms with van der Waals surface area (Å²) in [4.78, 5) is 0.257. The van der Waals surface area contributed by atoms with Crippen LogP contribution >= 0.6 is 0 Å². The molecule has 0 fully saturated rings. The molecule has 0 aliphatic rings. The van der Waals surface area contributed by atoms with E-state index < -0.39 is 16.1 Å². The summed E-state index contributed by atoms with van der Waals surface area (Å²) in [5.41, 5.74) is 1.71. The van der Waals surface area contributed by atoms with Crippen molar-refractivity contribution in [3.05, 3.63) is 29.3 Å². The van der Waals surface area contributed by atoms with Crippen molar-refractivity contribution < 1.29 is 8.42 Å². The molecule has 0 bridgehead atoms. The Morgan fingerprint density at radius 2 is 1.94 bits per heavy atom. The van der Waals surface area contributed by atoms with Gasteiger partial charge in [0.15, 0.2) is 0 Å². The summed E-state index contributed by atoms with van der Waals surface area (Å²) >= 11 is 0. The molecule has 92 valence electrons. The van der Waals surface area contributed by atoms with Gasteiger partial charge >= 0.3 is 0 Å². The summed E-state index contributed by atoms with van der Waals surface area (Å²) in [7, 11) is -2.17. The maximum Gasteiger partial charge on any atom is 0.244 e. The maximum absolute atomic E-state index is 12.2. The molecule has 1 aromatic rings. The standard InChI is InChI=1S/C12H16N2O2S/c1-9-5-6-12(10(2)7-9)17(15,16)14(4)11(3)8-13/h5-7,11H,1-4H3. The summed E-state index contributed by atoms with van der Waals surface area (Å²) in [6, 6.07) is 6.39. The number of hydrogen-bond donors (Lipinski definition) is 0. The lowest BCUT2D eigenvalue weighted by Crippen LogP contribution is -2.34. The van der Waals surface area contributed by atoms with Crippen LogP contribution in [0, 0.1) is 25.2 Å². The molecule has 1 unspecified atom stereocenters. The Morgan fingerprint density at radius 3 is 2.41 bits per heavy atom. The van der Waals surface area contributed by atoms with Crippen LogP contribution in [0.15, 0.2) is 23.1 Å². The van der Waals surface area contributed by atoms with Gasteiger partial charge in [0.2, 0.25) is 10.0 Å². The van der Waals surface area contributed by atoms with Crippen LogP contribution in [0.4, 0.5) is 0 Å². The Balaban J connectivity index is 3.28. The molecule has 4 nitrogen and oxygen atoms in total. The zero-order valence-corrected chi connectivity index (χ0v) is 11.2. The number of benzene rings is 1. The molecule has 0 saturated heterocycles. The number of nitriles is 1. The van der Waals surface area contributed by atoms with Crippen LogP contribution < -0.4 is 0 Å². The maximum atomic E-state index is 12.2. The molecule has 1 aromatic carbocycles. The highest BCUT2D eigenvalue weighted by atomic mass is 32.2. The van der Waals surface area contributed by atoms with Gasteiger partial charge in [-0.2, -0.15) is 9.57 Å². The molecule has 0 amide bonds. The second-order valence-electron chi connectivity index (χ2n) is 4.10. The van der Waals surface area contributed by atoms with Crippen molar-refractivity contribution in [2.75, 3.05) is 7.05 Å². The smallest absolute Gasteiger partial charge is 0.207 e. The van der Waals surface area contributed by atoms with Crippen LogP contribution in [0.25, 0.3) is 0 Å². The van der Waals surface area contributed by atoms with E-state index in [0.29, 0.717) is 5.56 Å². The minimum absolute atomic E-state index is 0.257. The van der Waals surface area contributed by atoms with Crippen molar-refractivity contribution >= 4 is 10.0 Å². The molecule has 1 atom stereocenters. The first kappa shape index (κ1) is 13.7. The largest absolute Gasteiger partial charge is 0.244 e. The lowest BCUT2D eigenvalue weighted by Gasteiger charge is -2.20. The first-order valence-corrected chi connectivity index (χ1v) is 6.69. The van der Waals surface area contributed by atoms with E-state index in [-0.39, 0.29) is 4.90 Å². The highest BCUT2D eigenvalue weighted by molar-refractivity contribution is 7.89. The van der Waals surface area contributed by atoms with E-state index in [9.17, 15) is 8.42 Å². The summed E-state index contributed by atoms with van der Waals surface area (Å²) in [5.74, 6) is 0. The minimum Gasteiger partial charge on any atom is -0.207 e. The van der Waals surface area contributed by atoms with Gasteiger partial charge in [0.1, 0.15) is 6.04 Å². The fourth-order valence-corrected chi connectivity index (χ4v) is 3.01. The number of nitrogens with zero attached hydrogens (tertiary/aromatic N) is 2. The molecule has 0 spiro atoms. The second-order valence-corrected chi connectivity index (χ2v) is 6.06. The third-order valence-corrected chi connectivity index (χ3v) is 4.81. The summed E-state index contributed by atoms with van der Waals surface area (Å²) in [6.45, 7) is 5.22. The Morgan fingerprint density at radius 1 is 1.35 bits per heavy atom. The molecule has 0 aliphatic carbocycles. The Labute approximate surface area is 103 Å². The quantitative estimate of drug-likeness (QED) is 0.824. The molecular weight excluding hydrogens is 236 g/mol. The van der Waals surface area contributed by atoms with E-state index in [1.54, 1.807) is 26.0 Å². The summed E-state index contributed by atoms with van der Waals surface area (Å²) < 4.78 is 25.6. The van der Waals surface area contributed by atoms with Gasteiger partial charge in [-0.1, -0.05) is 17.7 Å². The van der Waals surface area contributed by atoms with E-state index in [2.05, 4.69) is 0 Å². The van der Waals surface area contributed by atoms with Crippen LogP contribution in [0.1, 0.15) is 18.1 Å². The van der Waals surface area contributed by atoms with Gasteiger partial charge in [0, 0.05) is 7.05 Å². The number of hydrogen-bond acceptors (Lipinski definition) is 3. The summed E-state index contributed by atoms with van der Waals surface area (Å²) in [5, 5.41) is 8.77. The average Bonchev–Trinajstić information content (AvgIpc) is 2.26. The highest BCUT2D eigenvalue weighted by Crippen LogP contribution is 2.21. The van der Waals surface area contributed by atoms with Crippen molar-refractivity contribution in [1.29, 1.82) is 5.26 Å². The lowest BCUT2D eigenvalue weighted by atomic mass is 10.2. The second kappa shape index (κ2) is 4.86. The fraction of sp³-hybridized carbons (Fsp3) is 0.417. The van der Waals surface area contributed by atoms with Gasteiger partial charge in [0.25, 0.3) is 0 Å². The molecule has 0 saturated carbocycles. The Hall–Kier alpha value is -1.38. The lowest BCUT2D eigenvalue weighted by molar-refractivity contribution is 0.441. The minimum atomic E-state index is -3.59. The van der Waals surface area contributed by atoms with E-state index >= 15 is 0 Å². The molecule has 1 rings (SSSR count). The normalized spacial score (nSPS) is 13.4. The Bertz CT molecular complexity index is 558. The molecule has 0 aromatic heterocycles. The fourth-order valence-electron chi connectivity index (χ4n) is 1.53. The van der Waals surface area contributed by atoms with Crippen LogP contribution in [0.2, 0.25) is 0 Å². The van der Waals surface area contributed by atoms with Crippen LogP contribution in [-0.2, 0) is 10.0 Å². The Kier molecular flexibility index (Phi) is 3.91. The van der Waals surface area contributed by atoms with Crippen LogP contribution in [0.5, 0.6) is 0 Å². The topological polar surface area (TPSA) is 61.2 Å². The monoisotopic (exact) mass is 252 g/mol. The van der Waals surface area contributed by atoms with E-state index in [1.165, 1.54) is 7.05 Å². The van der Waals surface area contributed by atoms with Crippen molar-refractivity contribution in [3.63, 3.8) is 0 Å². The molecule has 0 aliphatic heterocycles. The van der Waals surface area contributed by atoms with Gasteiger partial charge in [-0.05, 0) is 32.4 Å². The van der Waals surface area contributed by atoms with Gasteiger partial charge in [-0.3, -0.25) is 0 Å². The average molecular weight is 252 g/mol. The van der Waals surface area contributed by atoms with Gasteiger partial charge in [0.05, 0.1) is 11.0 Å². The molecular formula is C12H16N2O2S. The van der Waals surface area contributed by atoms with E-state index in [1.807, 2.05) is 19.1 Å². The first-order chi connectivity index (χ1) is 7.80. The van der Waals surface area contributed by atoms with E-state index in [4.69, 9.17) is 5.26 Å². The van der Waals surface area contributed by atoms with Gasteiger partial charge < -0.3 is 0 Å². The zero-order chi connectivity index (χ0) is 13.2. The predicted octanol–water partition coefficient (Wildman–Crippen LogP) is 1.84. The van der Waals surface area contributed by atoms with Crippen molar-refractivity contribution in [1.82, 2.24) is 4.31 Å². The number of aryl methyl sites for hydroxylation is 2. The van der Waals surface area contributed by atoms with Crippen LogP contribution in [-0.4, -0.2) is 25.8 Å². The van der Waals surface area contributed by atoms with Crippen molar-refractivity contribution in [2.45, 2.75) is 31.7 Å². The first-order valence-electron chi connectivity index (χ1n) is 5.25. The molecule has 0 N–H and O–H groups in total. The molecule has 0 heterocycles. The molecule has 17 heavy (non-hydrogen) atoms. The zero-order valence-electron chi connectivity index (χ0n) is 10.4. The van der Waals surface area contributed by atoms with Crippen LogP contribution in [0.3, 0.4) is 0 Å². The van der Waals surface area contributed by atoms with E-state index in [0.717, 1.165) is 9.87 Å². The third kappa shape index (κ3) is 2.65.